The maximum Gasteiger partial charge on any atom is 0.0697 e. The number of aryl methyl sites for hydroxylation is 1. The third kappa shape index (κ3) is 3.47. The molecule has 1 N–H and O–H groups in total. The molecule has 2 aliphatic heterocycles. The smallest absolute Gasteiger partial charge is 0.0697 e. The van der Waals surface area contributed by atoms with Gasteiger partial charge < -0.3 is 10.1 Å². The summed E-state index contributed by atoms with van der Waals surface area (Å²) in [5.41, 5.74) is 4.23. The zero-order chi connectivity index (χ0) is 14.7. The minimum Gasteiger partial charge on any atom is -0.379 e. The van der Waals surface area contributed by atoms with E-state index in [2.05, 4.69) is 28.7 Å². The molecule has 118 valence electrons. The van der Waals surface area contributed by atoms with Gasteiger partial charge in [-0.25, -0.2) is 0 Å². The second-order valence-corrected chi connectivity index (χ2v) is 6.42. The minimum atomic E-state index is 0.513. The van der Waals surface area contributed by atoms with Crippen LogP contribution in [0.15, 0.2) is 0 Å². The van der Waals surface area contributed by atoms with Crippen LogP contribution in [0.25, 0.3) is 0 Å². The molecule has 1 saturated heterocycles. The summed E-state index contributed by atoms with van der Waals surface area (Å²) in [6.45, 7) is 12.7. The van der Waals surface area contributed by atoms with Crippen molar-refractivity contribution in [3.05, 3.63) is 17.0 Å². The van der Waals surface area contributed by atoms with E-state index in [1.807, 2.05) is 0 Å². The van der Waals surface area contributed by atoms with E-state index in [1.54, 1.807) is 0 Å². The molecule has 5 nitrogen and oxygen atoms in total. The molecule has 0 aliphatic carbocycles. The fraction of sp³-hybridized carbons (Fsp3) is 0.812. The number of nitrogens with zero attached hydrogens (tertiary/aromatic N) is 3. The third-order valence-electron chi connectivity index (χ3n) is 4.53. The maximum absolute atomic E-state index is 5.40. The summed E-state index contributed by atoms with van der Waals surface area (Å²) >= 11 is 0. The highest BCUT2D eigenvalue weighted by Crippen LogP contribution is 2.24. The molecule has 0 saturated carbocycles. The van der Waals surface area contributed by atoms with Crippen LogP contribution in [0.5, 0.6) is 0 Å². The van der Waals surface area contributed by atoms with Crippen LogP contribution in [0.4, 0.5) is 0 Å². The van der Waals surface area contributed by atoms with E-state index in [0.29, 0.717) is 5.92 Å². The summed E-state index contributed by atoms with van der Waals surface area (Å²) in [5.74, 6) is 0.513. The molecule has 5 heteroatoms. The first-order valence-corrected chi connectivity index (χ1v) is 8.35. The fourth-order valence-corrected chi connectivity index (χ4v) is 3.36. The van der Waals surface area contributed by atoms with Crippen molar-refractivity contribution in [2.75, 3.05) is 39.4 Å². The van der Waals surface area contributed by atoms with Gasteiger partial charge in [0.05, 0.1) is 18.9 Å². The predicted octanol–water partition coefficient (Wildman–Crippen LogP) is 1.37. The van der Waals surface area contributed by atoms with Crippen LogP contribution < -0.4 is 5.32 Å². The number of nitrogens with one attached hydrogen (secondary N) is 1. The molecule has 0 bridgehead atoms. The lowest BCUT2D eigenvalue weighted by molar-refractivity contribution is 0.0368. The van der Waals surface area contributed by atoms with E-state index in [4.69, 9.17) is 9.84 Å². The summed E-state index contributed by atoms with van der Waals surface area (Å²) < 4.78 is 7.69. The van der Waals surface area contributed by atoms with E-state index >= 15 is 0 Å². The first-order chi connectivity index (χ1) is 10.3. The Labute approximate surface area is 127 Å². The summed E-state index contributed by atoms with van der Waals surface area (Å²) in [6.07, 6.45) is 2.30. The first kappa shape index (κ1) is 15.0. The van der Waals surface area contributed by atoms with E-state index in [9.17, 15) is 0 Å². The molecule has 0 unspecified atom stereocenters. The van der Waals surface area contributed by atoms with Gasteiger partial charge in [0.25, 0.3) is 0 Å². The lowest BCUT2D eigenvalue weighted by atomic mass is 10.0. The largest absolute Gasteiger partial charge is 0.379 e. The molecule has 0 amide bonds. The Morgan fingerprint density at radius 1 is 1.24 bits per heavy atom. The van der Waals surface area contributed by atoms with Gasteiger partial charge in [0.15, 0.2) is 0 Å². The summed E-state index contributed by atoms with van der Waals surface area (Å²) in [6, 6.07) is 0. The topological polar surface area (TPSA) is 42.3 Å². The van der Waals surface area contributed by atoms with Crippen LogP contribution in [0.1, 0.15) is 43.1 Å². The second-order valence-electron chi connectivity index (χ2n) is 6.42. The maximum atomic E-state index is 5.40. The normalized spacial score (nSPS) is 20.0. The molecule has 21 heavy (non-hydrogen) atoms. The van der Waals surface area contributed by atoms with Gasteiger partial charge in [0, 0.05) is 56.9 Å². The number of hydrogen-bond donors (Lipinski definition) is 1. The molecule has 1 aromatic heterocycles. The summed E-state index contributed by atoms with van der Waals surface area (Å²) in [7, 11) is 0. The molecule has 1 aromatic rings. The number of hydrogen-bond acceptors (Lipinski definition) is 4. The molecule has 2 aliphatic rings. The Bertz CT molecular complexity index is 463. The van der Waals surface area contributed by atoms with Gasteiger partial charge in [0.1, 0.15) is 0 Å². The van der Waals surface area contributed by atoms with Crippen LogP contribution in [-0.4, -0.2) is 54.1 Å². The van der Waals surface area contributed by atoms with Gasteiger partial charge in [-0.2, -0.15) is 5.10 Å². The number of ether oxygens (including phenoxy) is 1. The molecular formula is C16H28N4O. The highest BCUT2D eigenvalue weighted by atomic mass is 16.5. The Morgan fingerprint density at radius 2 is 2.05 bits per heavy atom. The van der Waals surface area contributed by atoms with Gasteiger partial charge in [-0.3, -0.25) is 9.58 Å². The zero-order valence-electron chi connectivity index (χ0n) is 13.4. The average Bonchev–Trinajstić information content (AvgIpc) is 2.88. The lowest BCUT2D eigenvalue weighted by Gasteiger charge is -2.26. The Hall–Kier alpha value is -0.910. The molecular weight excluding hydrogens is 264 g/mol. The van der Waals surface area contributed by atoms with Gasteiger partial charge >= 0.3 is 0 Å². The van der Waals surface area contributed by atoms with E-state index < -0.39 is 0 Å². The highest BCUT2D eigenvalue weighted by molar-refractivity contribution is 5.30. The van der Waals surface area contributed by atoms with Crippen molar-refractivity contribution in [3.63, 3.8) is 0 Å². The SMILES string of the molecule is CC(C)c1nn(CCCN2CCOCC2)c2c1CNCC2. The monoisotopic (exact) mass is 292 g/mol. The number of fused-ring (bicyclic) bond motifs is 1. The van der Waals surface area contributed by atoms with E-state index in [-0.39, 0.29) is 0 Å². The van der Waals surface area contributed by atoms with Crippen LogP contribution in [0.3, 0.4) is 0 Å². The molecule has 0 atom stereocenters. The second kappa shape index (κ2) is 6.90. The zero-order valence-corrected chi connectivity index (χ0v) is 13.4. The van der Waals surface area contributed by atoms with Gasteiger partial charge in [-0.05, 0) is 12.3 Å². The Balaban J connectivity index is 1.62. The summed E-state index contributed by atoms with van der Waals surface area (Å²) in [4.78, 5) is 2.50. The van der Waals surface area contributed by atoms with Crippen molar-refractivity contribution in [1.82, 2.24) is 20.0 Å². The molecule has 1 fully saturated rings. The van der Waals surface area contributed by atoms with Gasteiger partial charge in [0.2, 0.25) is 0 Å². The van der Waals surface area contributed by atoms with Crippen LogP contribution in [-0.2, 0) is 24.2 Å². The van der Waals surface area contributed by atoms with Gasteiger partial charge in [-0.15, -0.1) is 0 Å². The standard InChI is InChI=1S/C16H28N4O/c1-13(2)16-14-12-17-5-4-15(14)20(18-16)7-3-6-19-8-10-21-11-9-19/h13,17H,3-12H2,1-2H3. The number of aromatic nitrogens is 2. The Morgan fingerprint density at radius 3 is 2.81 bits per heavy atom. The Kier molecular flexibility index (Phi) is 4.93. The number of morpholine rings is 1. The predicted molar refractivity (Wildman–Crippen MR) is 83.6 cm³/mol. The van der Waals surface area contributed by atoms with Crippen molar-refractivity contribution in [1.29, 1.82) is 0 Å². The highest BCUT2D eigenvalue weighted by Gasteiger charge is 2.22. The van der Waals surface area contributed by atoms with Crippen molar-refractivity contribution in [2.45, 2.75) is 45.7 Å². The van der Waals surface area contributed by atoms with E-state index in [0.717, 1.165) is 58.9 Å². The molecule has 3 heterocycles. The molecule has 3 rings (SSSR count). The molecule has 0 aromatic carbocycles. The summed E-state index contributed by atoms with van der Waals surface area (Å²) in [5, 5.41) is 8.39. The third-order valence-corrected chi connectivity index (χ3v) is 4.53. The van der Waals surface area contributed by atoms with Crippen molar-refractivity contribution in [2.24, 2.45) is 0 Å². The fourth-order valence-electron chi connectivity index (χ4n) is 3.36. The number of rotatable bonds is 5. The minimum absolute atomic E-state index is 0.513. The first-order valence-electron chi connectivity index (χ1n) is 8.35. The molecule has 0 spiro atoms. The van der Waals surface area contributed by atoms with Crippen molar-refractivity contribution >= 4 is 0 Å². The van der Waals surface area contributed by atoms with Crippen molar-refractivity contribution < 1.29 is 4.74 Å². The van der Waals surface area contributed by atoms with Crippen LogP contribution in [0, 0.1) is 0 Å². The van der Waals surface area contributed by atoms with Gasteiger partial charge in [-0.1, -0.05) is 13.8 Å². The van der Waals surface area contributed by atoms with Crippen LogP contribution in [0.2, 0.25) is 0 Å². The van der Waals surface area contributed by atoms with Crippen molar-refractivity contribution in [3.8, 4) is 0 Å². The van der Waals surface area contributed by atoms with Crippen LogP contribution >= 0.6 is 0 Å². The quantitative estimate of drug-likeness (QED) is 0.890. The molecule has 0 radical (unpaired) electrons. The lowest BCUT2D eigenvalue weighted by Crippen LogP contribution is -2.37. The average molecular weight is 292 g/mol. The van der Waals surface area contributed by atoms with E-state index in [1.165, 1.54) is 23.4 Å².